The van der Waals surface area contributed by atoms with Crippen LogP contribution in [0.25, 0.3) is 0 Å². The summed E-state index contributed by atoms with van der Waals surface area (Å²) >= 11 is 0. The van der Waals surface area contributed by atoms with Gasteiger partial charge in [-0.2, -0.15) is 0 Å². The third-order valence-corrected chi connectivity index (χ3v) is 4.36. The van der Waals surface area contributed by atoms with Crippen molar-refractivity contribution in [2.45, 2.75) is 64.8 Å². The molecule has 1 N–H and O–H groups in total. The SMILES string of the molecule is CCCCC(CC)Nc1ccccc1N1CCCCC1. The van der Waals surface area contributed by atoms with Crippen molar-refractivity contribution < 1.29 is 0 Å². The van der Waals surface area contributed by atoms with Crippen molar-refractivity contribution in [1.29, 1.82) is 0 Å². The van der Waals surface area contributed by atoms with E-state index < -0.39 is 0 Å². The second kappa shape index (κ2) is 8.18. The van der Waals surface area contributed by atoms with Crippen LogP contribution < -0.4 is 10.2 Å². The summed E-state index contributed by atoms with van der Waals surface area (Å²) in [6.45, 7) is 6.99. The fourth-order valence-electron chi connectivity index (χ4n) is 3.06. The molecule has 1 saturated heterocycles. The Hall–Kier alpha value is -1.18. The number of hydrogen-bond donors (Lipinski definition) is 1. The molecule has 1 fully saturated rings. The quantitative estimate of drug-likeness (QED) is 0.748. The van der Waals surface area contributed by atoms with Crippen molar-refractivity contribution in [3.63, 3.8) is 0 Å². The van der Waals surface area contributed by atoms with Gasteiger partial charge in [0, 0.05) is 19.1 Å². The first-order chi connectivity index (χ1) is 9.85. The van der Waals surface area contributed by atoms with Crippen molar-refractivity contribution >= 4 is 11.4 Å². The number of para-hydroxylation sites is 2. The molecule has 1 aromatic carbocycles. The number of benzene rings is 1. The Morgan fingerprint density at radius 1 is 1.10 bits per heavy atom. The molecule has 0 radical (unpaired) electrons. The van der Waals surface area contributed by atoms with Crippen LogP contribution in [-0.4, -0.2) is 19.1 Å². The normalized spacial score (nSPS) is 17.0. The van der Waals surface area contributed by atoms with Gasteiger partial charge in [0.2, 0.25) is 0 Å². The van der Waals surface area contributed by atoms with Gasteiger partial charge >= 0.3 is 0 Å². The number of hydrogen-bond acceptors (Lipinski definition) is 2. The van der Waals surface area contributed by atoms with Crippen molar-refractivity contribution in [3.05, 3.63) is 24.3 Å². The van der Waals surface area contributed by atoms with Crippen molar-refractivity contribution in [1.82, 2.24) is 0 Å². The Kier molecular flexibility index (Phi) is 6.23. The maximum atomic E-state index is 3.79. The van der Waals surface area contributed by atoms with Gasteiger partial charge in [-0.05, 0) is 44.2 Å². The van der Waals surface area contributed by atoms with E-state index in [0.29, 0.717) is 6.04 Å². The molecule has 2 rings (SSSR count). The molecule has 1 heterocycles. The first kappa shape index (κ1) is 15.2. The summed E-state index contributed by atoms with van der Waals surface area (Å²) in [4.78, 5) is 2.55. The molecule has 2 nitrogen and oxygen atoms in total. The molecular weight excluding hydrogens is 244 g/mol. The molecule has 1 unspecified atom stereocenters. The van der Waals surface area contributed by atoms with E-state index in [1.54, 1.807) is 0 Å². The molecule has 0 amide bonds. The Bertz CT molecular complexity index is 383. The molecule has 2 heteroatoms. The maximum Gasteiger partial charge on any atom is 0.0602 e. The third kappa shape index (κ3) is 4.16. The number of nitrogens with zero attached hydrogens (tertiary/aromatic N) is 1. The summed E-state index contributed by atoms with van der Waals surface area (Å²) in [6.07, 6.45) is 9.14. The Labute approximate surface area is 124 Å². The molecule has 0 aromatic heterocycles. The lowest BCUT2D eigenvalue weighted by atomic mass is 10.1. The van der Waals surface area contributed by atoms with Crippen LogP contribution >= 0.6 is 0 Å². The number of nitrogens with one attached hydrogen (secondary N) is 1. The highest BCUT2D eigenvalue weighted by molar-refractivity contribution is 5.70. The smallest absolute Gasteiger partial charge is 0.0602 e. The number of piperidine rings is 1. The Morgan fingerprint density at radius 2 is 1.85 bits per heavy atom. The van der Waals surface area contributed by atoms with E-state index in [1.807, 2.05) is 0 Å². The Morgan fingerprint density at radius 3 is 2.55 bits per heavy atom. The highest BCUT2D eigenvalue weighted by Gasteiger charge is 2.15. The van der Waals surface area contributed by atoms with E-state index in [-0.39, 0.29) is 0 Å². The molecule has 0 aliphatic carbocycles. The highest BCUT2D eigenvalue weighted by Crippen LogP contribution is 2.29. The van der Waals surface area contributed by atoms with Gasteiger partial charge in [0.1, 0.15) is 0 Å². The minimum absolute atomic E-state index is 0.612. The van der Waals surface area contributed by atoms with Gasteiger partial charge in [-0.25, -0.2) is 0 Å². The van der Waals surface area contributed by atoms with E-state index in [1.165, 1.54) is 69.4 Å². The van der Waals surface area contributed by atoms with Crippen molar-refractivity contribution in [2.75, 3.05) is 23.3 Å². The summed E-state index contributed by atoms with van der Waals surface area (Å²) in [5.41, 5.74) is 2.74. The van der Waals surface area contributed by atoms with Gasteiger partial charge in [-0.3, -0.25) is 0 Å². The second-order valence-electron chi connectivity index (χ2n) is 5.96. The standard InChI is InChI=1S/C18H30N2/c1-3-5-11-16(4-2)19-17-12-7-8-13-18(17)20-14-9-6-10-15-20/h7-8,12-13,16,19H,3-6,9-11,14-15H2,1-2H3. The molecule has 0 spiro atoms. The Balaban J connectivity index is 2.06. The van der Waals surface area contributed by atoms with E-state index in [4.69, 9.17) is 0 Å². The topological polar surface area (TPSA) is 15.3 Å². The fraction of sp³-hybridized carbons (Fsp3) is 0.667. The third-order valence-electron chi connectivity index (χ3n) is 4.36. The predicted molar refractivity (Wildman–Crippen MR) is 89.7 cm³/mol. The lowest BCUT2D eigenvalue weighted by Gasteiger charge is -2.31. The van der Waals surface area contributed by atoms with Crippen LogP contribution in [-0.2, 0) is 0 Å². The van der Waals surface area contributed by atoms with Crippen LogP contribution in [0.1, 0.15) is 58.8 Å². The maximum absolute atomic E-state index is 3.79. The van der Waals surface area contributed by atoms with Crippen molar-refractivity contribution in [3.8, 4) is 0 Å². The van der Waals surface area contributed by atoms with E-state index in [2.05, 4.69) is 48.3 Å². The van der Waals surface area contributed by atoms with Gasteiger partial charge < -0.3 is 10.2 Å². The molecule has 1 atom stereocenters. The van der Waals surface area contributed by atoms with E-state index in [9.17, 15) is 0 Å². The van der Waals surface area contributed by atoms with Gasteiger partial charge in [-0.15, -0.1) is 0 Å². The van der Waals surface area contributed by atoms with Crippen LogP contribution in [0.4, 0.5) is 11.4 Å². The largest absolute Gasteiger partial charge is 0.381 e. The van der Waals surface area contributed by atoms with Gasteiger partial charge in [0.15, 0.2) is 0 Å². The van der Waals surface area contributed by atoms with E-state index in [0.717, 1.165) is 0 Å². The molecule has 0 saturated carbocycles. The lowest BCUT2D eigenvalue weighted by molar-refractivity contribution is 0.575. The summed E-state index contributed by atoms with van der Waals surface area (Å²) < 4.78 is 0. The van der Waals surface area contributed by atoms with Crippen LogP contribution in [0.2, 0.25) is 0 Å². The zero-order valence-electron chi connectivity index (χ0n) is 13.2. The number of anilines is 2. The van der Waals surface area contributed by atoms with Crippen LogP contribution in [0.15, 0.2) is 24.3 Å². The number of unbranched alkanes of at least 4 members (excludes halogenated alkanes) is 1. The molecule has 1 aliphatic heterocycles. The monoisotopic (exact) mass is 274 g/mol. The van der Waals surface area contributed by atoms with Crippen LogP contribution in [0.3, 0.4) is 0 Å². The predicted octanol–water partition coefficient (Wildman–Crippen LogP) is 5.06. The zero-order chi connectivity index (χ0) is 14.2. The molecular formula is C18H30N2. The fourth-order valence-corrected chi connectivity index (χ4v) is 3.06. The van der Waals surface area contributed by atoms with Crippen LogP contribution in [0, 0.1) is 0 Å². The summed E-state index contributed by atoms with van der Waals surface area (Å²) in [5, 5.41) is 3.79. The molecule has 1 aliphatic rings. The summed E-state index contributed by atoms with van der Waals surface area (Å²) in [7, 11) is 0. The zero-order valence-corrected chi connectivity index (χ0v) is 13.2. The van der Waals surface area contributed by atoms with Crippen molar-refractivity contribution in [2.24, 2.45) is 0 Å². The first-order valence-electron chi connectivity index (χ1n) is 8.45. The molecule has 20 heavy (non-hydrogen) atoms. The minimum atomic E-state index is 0.612. The molecule has 112 valence electrons. The van der Waals surface area contributed by atoms with Crippen LogP contribution in [0.5, 0.6) is 0 Å². The summed E-state index contributed by atoms with van der Waals surface area (Å²) in [6, 6.07) is 9.46. The van der Waals surface area contributed by atoms with Gasteiger partial charge in [0.25, 0.3) is 0 Å². The average molecular weight is 274 g/mol. The second-order valence-corrected chi connectivity index (χ2v) is 5.96. The average Bonchev–Trinajstić information content (AvgIpc) is 2.52. The minimum Gasteiger partial charge on any atom is -0.381 e. The van der Waals surface area contributed by atoms with E-state index >= 15 is 0 Å². The van der Waals surface area contributed by atoms with Gasteiger partial charge in [0.05, 0.1) is 11.4 Å². The molecule has 0 bridgehead atoms. The first-order valence-corrected chi connectivity index (χ1v) is 8.45. The van der Waals surface area contributed by atoms with Gasteiger partial charge in [-0.1, -0.05) is 38.8 Å². The lowest BCUT2D eigenvalue weighted by Crippen LogP contribution is -2.30. The molecule has 1 aromatic rings. The highest BCUT2D eigenvalue weighted by atomic mass is 15.1. The summed E-state index contributed by atoms with van der Waals surface area (Å²) in [5.74, 6) is 0. The number of rotatable bonds is 7.